The number of ether oxygens (including phenoxy) is 1. The van der Waals surface area contributed by atoms with Gasteiger partial charge in [-0.3, -0.25) is 8.98 Å². The van der Waals surface area contributed by atoms with Crippen LogP contribution >= 0.6 is 0 Å². The zero-order valence-electron chi connectivity index (χ0n) is 13.9. The lowest BCUT2D eigenvalue weighted by Gasteiger charge is -2.58. The lowest BCUT2D eigenvalue weighted by molar-refractivity contribution is -0.101. The maximum Gasteiger partial charge on any atom is 0.264 e. The Hall–Kier alpha value is -1.67. The van der Waals surface area contributed by atoms with Crippen LogP contribution in [-0.2, 0) is 14.3 Å². The van der Waals surface area contributed by atoms with E-state index >= 15 is 0 Å². The summed E-state index contributed by atoms with van der Waals surface area (Å²) in [6.07, 6.45) is 3.97. The molecule has 0 N–H and O–H groups in total. The van der Waals surface area contributed by atoms with Crippen LogP contribution in [0.2, 0.25) is 0 Å². The van der Waals surface area contributed by atoms with Crippen molar-refractivity contribution in [2.45, 2.75) is 37.9 Å². The fraction of sp³-hybridized carbons (Fsp3) is 0.588. The molecule has 8 heteroatoms. The highest BCUT2D eigenvalue weighted by atomic mass is 32.2. The third kappa shape index (κ3) is 3.50. The summed E-state index contributed by atoms with van der Waals surface area (Å²) in [4.78, 5) is 14.4. The number of hydrogen-bond acceptors (Lipinski definition) is 5. The number of carbonyl (C=O) groups is 1. The van der Waals surface area contributed by atoms with E-state index in [1.54, 1.807) is 4.90 Å². The van der Waals surface area contributed by atoms with Crippen molar-refractivity contribution in [1.82, 2.24) is 4.90 Å². The molecule has 0 radical (unpaired) electrons. The summed E-state index contributed by atoms with van der Waals surface area (Å²) in [6, 6.07) is 4.00. The summed E-state index contributed by atoms with van der Waals surface area (Å²) in [5, 5.41) is 0. The molecular formula is C17H20FNO5S. The molecule has 0 aromatic heterocycles. The SMILES string of the molecule is CS(=O)(=O)OC1CC2(C1)CN(C(=O)c1ccc(F)cc1OC1CC1)C2. The average Bonchev–Trinajstić information content (AvgIpc) is 3.22. The third-order valence-electron chi connectivity index (χ3n) is 4.96. The Morgan fingerprint density at radius 3 is 2.52 bits per heavy atom. The van der Waals surface area contributed by atoms with Gasteiger partial charge in [0.15, 0.2) is 0 Å². The Labute approximate surface area is 146 Å². The first-order valence-corrected chi connectivity index (χ1v) is 10.2. The van der Waals surface area contributed by atoms with Crippen LogP contribution in [0.25, 0.3) is 0 Å². The van der Waals surface area contributed by atoms with Crippen molar-refractivity contribution in [2.75, 3.05) is 19.3 Å². The quantitative estimate of drug-likeness (QED) is 0.742. The first-order chi connectivity index (χ1) is 11.7. The van der Waals surface area contributed by atoms with Gasteiger partial charge in [0.1, 0.15) is 11.6 Å². The van der Waals surface area contributed by atoms with E-state index < -0.39 is 15.9 Å². The van der Waals surface area contributed by atoms with Gasteiger partial charge in [0.25, 0.3) is 16.0 Å². The maximum absolute atomic E-state index is 13.5. The Balaban J connectivity index is 1.38. The largest absolute Gasteiger partial charge is 0.489 e. The van der Waals surface area contributed by atoms with Gasteiger partial charge >= 0.3 is 0 Å². The van der Waals surface area contributed by atoms with Crippen LogP contribution in [0.1, 0.15) is 36.0 Å². The third-order valence-corrected chi connectivity index (χ3v) is 5.59. The number of rotatable bonds is 5. The molecule has 1 amide bonds. The summed E-state index contributed by atoms with van der Waals surface area (Å²) in [5.74, 6) is -0.291. The number of likely N-dealkylation sites (tertiary alicyclic amines) is 1. The van der Waals surface area contributed by atoms with Crippen LogP contribution in [0, 0.1) is 11.2 Å². The predicted octanol–water partition coefficient (Wildman–Crippen LogP) is 1.95. The van der Waals surface area contributed by atoms with Gasteiger partial charge in [-0.1, -0.05) is 0 Å². The summed E-state index contributed by atoms with van der Waals surface area (Å²) in [6.45, 7) is 1.13. The molecule has 136 valence electrons. The van der Waals surface area contributed by atoms with Gasteiger partial charge in [-0.15, -0.1) is 0 Å². The monoisotopic (exact) mass is 369 g/mol. The highest BCUT2D eigenvalue weighted by molar-refractivity contribution is 7.86. The second-order valence-corrected chi connectivity index (χ2v) is 9.05. The minimum atomic E-state index is -3.44. The van der Waals surface area contributed by atoms with Crippen LogP contribution in [-0.4, -0.2) is 50.8 Å². The van der Waals surface area contributed by atoms with Gasteiger partial charge in [-0.05, 0) is 37.8 Å². The van der Waals surface area contributed by atoms with Crippen molar-refractivity contribution in [1.29, 1.82) is 0 Å². The fourth-order valence-electron chi connectivity index (χ4n) is 3.69. The average molecular weight is 369 g/mol. The number of nitrogens with zero attached hydrogens (tertiary/aromatic N) is 1. The number of hydrogen-bond donors (Lipinski definition) is 0. The molecule has 0 unspecified atom stereocenters. The van der Waals surface area contributed by atoms with Crippen molar-refractivity contribution in [2.24, 2.45) is 5.41 Å². The fourth-order valence-corrected chi connectivity index (χ4v) is 4.32. The van der Waals surface area contributed by atoms with E-state index in [-0.39, 0.29) is 23.5 Å². The molecule has 25 heavy (non-hydrogen) atoms. The lowest BCUT2D eigenvalue weighted by Crippen LogP contribution is -2.65. The molecule has 1 heterocycles. The Kier molecular flexibility index (Phi) is 3.81. The molecular weight excluding hydrogens is 349 g/mol. The Morgan fingerprint density at radius 2 is 1.92 bits per heavy atom. The van der Waals surface area contributed by atoms with Crippen molar-refractivity contribution in [3.05, 3.63) is 29.6 Å². The van der Waals surface area contributed by atoms with Crippen molar-refractivity contribution >= 4 is 16.0 Å². The van der Waals surface area contributed by atoms with E-state index in [0.717, 1.165) is 19.1 Å². The van der Waals surface area contributed by atoms with Gasteiger partial charge in [-0.25, -0.2) is 4.39 Å². The Morgan fingerprint density at radius 1 is 1.24 bits per heavy atom. The topological polar surface area (TPSA) is 72.9 Å². The van der Waals surface area contributed by atoms with E-state index in [1.165, 1.54) is 18.2 Å². The van der Waals surface area contributed by atoms with E-state index in [4.69, 9.17) is 8.92 Å². The van der Waals surface area contributed by atoms with Gasteiger partial charge in [0, 0.05) is 24.6 Å². The molecule has 2 saturated carbocycles. The molecule has 6 nitrogen and oxygen atoms in total. The normalized spacial score (nSPS) is 22.4. The van der Waals surface area contributed by atoms with E-state index in [2.05, 4.69) is 0 Å². The number of halogens is 1. The minimum absolute atomic E-state index is 0.0391. The smallest absolute Gasteiger partial charge is 0.264 e. The highest BCUT2D eigenvalue weighted by Crippen LogP contribution is 2.50. The Bertz CT molecular complexity index is 806. The van der Waals surface area contributed by atoms with Crippen LogP contribution in [0.3, 0.4) is 0 Å². The van der Waals surface area contributed by atoms with Crippen LogP contribution < -0.4 is 4.74 Å². The summed E-state index contributed by atoms with van der Waals surface area (Å²) < 4.78 is 46.4. The molecule has 2 aliphatic carbocycles. The minimum Gasteiger partial charge on any atom is -0.489 e. The van der Waals surface area contributed by atoms with Gasteiger partial charge in [0.2, 0.25) is 0 Å². The molecule has 1 aliphatic heterocycles. The maximum atomic E-state index is 13.5. The van der Waals surface area contributed by atoms with Gasteiger partial charge in [0.05, 0.1) is 24.0 Å². The van der Waals surface area contributed by atoms with E-state index in [0.29, 0.717) is 37.2 Å². The molecule has 1 aromatic rings. The first kappa shape index (κ1) is 16.8. The predicted molar refractivity (Wildman–Crippen MR) is 87.3 cm³/mol. The van der Waals surface area contributed by atoms with Crippen molar-refractivity contribution < 1.29 is 26.5 Å². The van der Waals surface area contributed by atoms with Crippen LogP contribution in [0.15, 0.2) is 18.2 Å². The molecule has 1 aromatic carbocycles. The zero-order valence-corrected chi connectivity index (χ0v) is 14.7. The molecule has 1 spiro atoms. The van der Waals surface area contributed by atoms with Crippen LogP contribution in [0.4, 0.5) is 4.39 Å². The van der Waals surface area contributed by atoms with Gasteiger partial charge in [-0.2, -0.15) is 8.42 Å². The molecule has 4 rings (SSSR count). The van der Waals surface area contributed by atoms with Crippen molar-refractivity contribution in [3.8, 4) is 5.75 Å². The van der Waals surface area contributed by atoms with Crippen molar-refractivity contribution in [3.63, 3.8) is 0 Å². The molecule has 3 fully saturated rings. The summed E-state index contributed by atoms with van der Waals surface area (Å²) >= 11 is 0. The second kappa shape index (κ2) is 5.67. The van der Waals surface area contributed by atoms with Gasteiger partial charge < -0.3 is 9.64 Å². The number of carbonyl (C=O) groups excluding carboxylic acids is 1. The van der Waals surface area contributed by atoms with E-state index in [9.17, 15) is 17.6 Å². The lowest BCUT2D eigenvalue weighted by atomic mass is 9.62. The number of benzene rings is 1. The first-order valence-electron chi connectivity index (χ1n) is 8.37. The summed E-state index contributed by atoms with van der Waals surface area (Å²) in [5.41, 5.74) is 0.342. The van der Waals surface area contributed by atoms with E-state index in [1.807, 2.05) is 0 Å². The second-order valence-electron chi connectivity index (χ2n) is 7.45. The highest BCUT2D eigenvalue weighted by Gasteiger charge is 2.55. The zero-order chi connectivity index (χ0) is 17.8. The molecule has 3 aliphatic rings. The standard InChI is InChI=1S/C17H20FNO5S/c1-25(21,22)24-13-7-17(8-13)9-19(10-17)16(20)14-5-2-11(18)6-15(14)23-12-3-4-12/h2,5-6,12-13H,3-4,7-10H2,1H3. The number of amides is 1. The summed E-state index contributed by atoms with van der Waals surface area (Å²) in [7, 11) is -3.44. The molecule has 0 bridgehead atoms. The van der Waals surface area contributed by atoms with Crippen LogP contribution in [0.5, 0.6) is 5.75 Å². The molecule has 0 atom stereocenters. The molecule has 1 saturated heterocycles.